The molecule has 6 nitrogen and oxygen atoms in total. The van der Waals surface area contributed by atoms with E-state index in [0.717, 1.165) is 10.6 Å². The summed E-state index contributed by atoms with van der Waals surface area (Å²) in [5.41, 5.74) is -0.115. The first-order valence-corrected chi connectivity index (χ1v) is 8.35. The molecule has 2 atom stereocenters. The lowest BCUT2D eigenvalue weighted by Crippen LogP contribution is -2.38. The molecule has 1 aromatic carbocycles. The van der Waals surface area contributed by atoms with Crippen LogP contribution in [-0.2, 0) is 14.4 Å². The molecule has 7 heteroatoms. The third-order valence-corrected chi connectivity index (χ3v) is 5.68. The highest BCUT2D eigenvalue weighted by Gasteiger charge is 2.42. The Labute approximate surface area is 138 Å². The van der Waals surface area contributed by atoms with Crippen molar-refractivity contribution in [3.63, 3.8) is 0 Å². The van der Waals surface area contributed by atoms with Crippen LogP contribution in [0, 0.1) is 5.41 Å². The van der Waals surface area contributed by atoms with E-state index in [4.69, 9.17) is 0 Å². The van der Waals surface area contributed by atoms with Gasteiger partial charge in [-0.2, -0.15) is 0 Å². The molecular formula is C16H18N2O4S. The summed E-state index contributed by atoms with van der Waals surface area (Å²) >= 11 is 1.38. The molecule has 2 unspecified atom stereocenters. The molecule has 0 radical (unpaired) electrons. The number of aliphatic carboxylic acids is 1. The fourth-order valence-electron chi connectivity index (χ4n) is 2.86. The third-order valence-electron chi connectivity index (χ3n) is 4.41. The van der Waals surface area contributed by atoms with Gasteiger partial charge in [-0.1, -0.05) is 12.1 Å². The standard InChI is InChI=1S/C16H18N2O4S/c1-16(15(21)22)6-7-18(9-16)13(19)8-12-14(20)17-10-4-2-3-5-11(10)23-12/h2-5,12H,6-9H2,1H3,(H,17,20)(H,21,22). The number of anilines is 1. The third kappa shape index (κ3) is 3.06. The van der Waals surface area contributed by atoms with Crippen molar-refractivity contribution in [1.82, 2.24) is 4.90 Å². The summed E-state index contributed by atoms with van der Waals surface area (Å²) in [6.45, 7) is 2.29. The first-order chi connectivity index (χ1) is 10.9. The largest absolute Gasteiger partial charge is 0.481 e. The summed E-state index contributed by atoms with van der Waals surface area (Å²) in [6.07, 6.45) is 0.529. The van der Waals surface area contributed by atoms with Gasteiger partial charge < -0.3 is 15.3 Å². The van der Waals surface area contributed by atoms with Gasteiger partial charge >= 0.3 is 5.97 Å². The van der Waals surface area contributed by atoms with Gasteiger partial charge in [0.05, 0.1) is 16.4 Å². The Morgan fingerprint density at radius 1 is 1.43 bits per heavy atom. The Bertz CT molecular complexity index is 678. The first kappa shape index (κ1) is 15.9. The number of carbonyl (C=O) groups is 3. The van der Waals surface area contributed by atoms with Crippen LogP contribution < -0.4 is 5.32 Å². The van der Waals surface area contributed by atoms with E-state index in [2.05, 4.69) is 5.32 Å². The minimum absolute atomic E-state index is 0.0839. The van der Waals surface area contributed by atoms with Crippen molar-refractivity contribution in [2.75, 3.05) is 18.4 Å². The molecule has 122 valence electrons. The maximum atomic E-state index is 12.4. The van der Waals surface area contributed by atoms with Crippen molar-refractivity contribution in [3.8, 4) is 0 Å². The summed E-state index contributed by atoms with van der Waals surface area (Å²) < 4.78 is 0. The summed E-state index contributed by atoms with van der Waals surface area (Å²) in [6, 6.07) is 7.48. The minimum atomic E-state index is -0.885. The SMILES string of the molecule is CC1(C(=O)O)CCN(C(=O)CC2Sc3ccccc3NC2=O)C1. The number of likely N-dealkylation sites (tertiary alicyclic amines) is 1. The average molecular weight is 334 g/mol. The fourth-order valence-corrected chi connectivity index (χ4v) is 3.96. The molecule has 2 N–H and O–H groups in total. The monoisotopic (exact) mass is 334 g/mol. The Kier molecular flexibility index (Phi) is 4.06. The van der Waals surface area contributed by atoms with Crippen LogP contribution in [0.3, 0.4) is 0 Å². The quantitative estimate of drug-likeness (QED) is 0.880. The van der Waals surface area contributed by atoms with Crippen LogP contribution in [0.5, 0.6) is 0 Å². The number of amides is 2. The highest BCUT2D eigenvalue weighted by Crippen LogP contribution is 2.37. The van der Waals surface area contributed by atoms with Crippen molar-refractivity contribution in [1.29, 1.82) is 0 Å². The second-order valence-corrected chi connectivity index (χ2v) is 7.47. The lowest BCUT2D eigenvalue weighted by atomic mass is 9.90. The van der Waals surface area contributed by atoms with E-state index < -0.39 is 16.6 Å². The molecule has 0 bridgehead atoms. The van der Waals surface area contributed by atoms with E-state index in [9.17, 15) is 19.5 Å². The fraction of sp³-hybridized carbons (Fsp3) is 0.438. The van der Waals surface area contributed by atoms with Gasteiger partial charge in [-0.05, 0) is 25.5 Å². The number of para-hydroxylation sites is 1. The highest BCUT2D eigenvalue weighted by atomic mass is 32.2. The van der Waals surface area contributed by atoms with E-state index >= 15 is 0 Å². The summed E-state index contributed by atoms with van der Waals surface area (Å²) in [7, 11) is 0. The zero-order chi connectivity index (χ0) is 16.6. The predicted molar refractivity (Wildman–Crippen MR) is 86.3 cm³/mol. The van der Waals surface area contributed by atoms with E-state index in [1.807, 2.05) is 24.3 Å². The number of fused-ring (bicyclic) bond motifs is 1. The van der Waals surface area contributed by atoms with Gasteiger partial charge in [-0.15, -0.1) is 11.8 Å². The normalized spacial score (nSPS) is 26.6. The molecule has 3 rings (SSSR count). The van der Waals surface area contributed by atoms with Gasteiger partial charge in [0, 0.05) is 24.4 Å². The molecule has 2 aliphatic heterocycles. The molecule has 2 amide bonds. The molecule has 1 saturated heterocycles. The van der Waals surface area contributed by atoms with Crippen molar-refractivity contribution >= 4 is 35.2 Å². The van der Waals surface area contributed by atoms with Crippen molar-refractivity contribution < 1.29 is 19.5 Å². The summed E-state index contributed by atoms with van der Waals surface area (Å²) in [5, 5.41) is 11.6. The molecule has 1 aromatic rings. The Hall–Kier alpha value is -2.02. The second-order valence-electron chi connectivity index (χ2n) is 6.23. The number of carboxylic acids is 1. The van der Waals surface area contributed by atoms with Gasteiger partial charge in [0.1, 0.15) is 0 Å². The van der Waals surface area contributed by atoms with Gasteiger partial charge in [0.15, 0.2) is 0 Å². The molecule has 0 spiro atoms. The topological polar surface area (TPSA) is 86.7 Å². The summed E-state index contributed by atoms with van der Waals surface area (Å²) in [4.78, 5) is 38.3. The number of rotatable bonds is 3. The number of benzene rings is 1. The van der Waals surface area contributed by atoms with Crippen LogP contribution in [0.2, 0.25) is 0 Å². The smallest absolute Gasteiger partial charge is 0.311 e. The zero-order valence-corrected chi connectivity index (χ0v) is 13.6. The number of carboxylic acid groups (broad SMARTS) is 1. The van der Waals surface area contributed by atoms with E-state index in [-0.39, 0.29) is 24.8 Å². The molecule has 2 aliphatic rings. The molecule has 0 aromatic heterocycles. The maximum Gasteiger partial charge on any atom is 0.311 e. The minimum Gasteiger partial charge on any atom is -0.481 e. The van der Waals surface area contributed by atoms with Crippen LogP contribution in [0.25, 0.3) is 0 Å². The van der Waals surface area contributed by atoms with Gasteiger partial charge in [0.25, 0.3) is 0 Å². The number of nitrogens with one attached hydrogen (secondary N) is 1. The number of thioether (sulfide) groups is 1. The summed E-state index contributed by atoms with van der Waals surface area (Å²) in [5.74, 6) is -1.23. The van der Waals surface area contributed by atoms with Gasteiger partial charge in [-0.3, -0.25) is 14.4 Å². The van der Waals surface area contributed by atoms with E-state index in [1.165, 1.54) is 11.8 Å². The lowest BCUT2D eigenvalue weighted by Gasteiger charge is -2.26. The first-order valence-electron chi connectivity index (χ1n) is 7.47. The second kappa shape index (κ2) is 5.88. The molecule has 0 saturated carbocycles. The van der Waals surface area contributed by atoms with Crippen LogP contribution >= 0.6 is 11.8 Å². The van der Waals surface area contributed by atoms with Crippen LogP contribution in [-0.4, -0.2) is 46.1 Å². The van der Waals surface area contributed by atoms with Crippen molar-refractivity contribution in [2.24, 2.45) is 5.41 Å². The van der Waals surface area contributed by atoms with Crippen LogP contribution in [0.15, 0.2) is 29.2 Å². The maximum absolute atomic E-state index is 12.4. The van der Waals surface area contributed by atoms with Gasteiger partial charge in [-0.25, -0.2) is 0 Å². The highest BCUT2D eigenvalue weighted by molar-refractivity contribution is 8.01. The Morgan fingerprint density at radius 3 is 2.87 bits per heavy atom. The number of carbonyl (C=O) groups excluding carboxylic acids is 2. The number of hydrogen-bond acceptors (Lipinski definition) is 4. The molecule has 0 aliphatic carbocycles. The lowest BCUT2D eigenvalue weighted by molar-refractivity contribution is -0.147. The van der Waals surface area contributed by atoms with Crippen molar-refractivity contribution in [3.05, 3.63) is 24.3 Å². The molecular weight excluding hydrogens is 316 g/mol. The number of hydrogen-bond donors (Lipinski definition) is 2. The Balaban J connectivity index is 1.65. The van der Waals surface area contributed by atoms with Gasteiger partial charge in [0.2, 0.25) is 11.8 Å². The Morgan fingerprint density at radius 2 is 2.17 bits per heavy atom. The average Bonchev–Trinajstić information content (AvgIpc) is 2.92. The molecule has 1 fully saturated rings. The van der Waals surface area contributed by atoms with Crippen LogP contribution in [0.4, 0.5) is 5.69 Å². The van der Waals surface area contributed by atoms with E-state index in [0.29, 0.717) is 13.0 Å². The van der Waals surface area contributed by atoms with E-state index in [1.54, 1.807) is 11.8 Å². The molecule has 23 heavy (non-hydrogen) atoms. The molecule has 2 heterocycles. The zero-order valence-electron chi connectivity index (χ0n) is 12.7. The van der Waals surface area contributed by atoms with Crippen molar-refractivity contribution in [2.45, 2.75) is 29.9 Å². The van der Waals surface area contributed by atoms with Crippen LogP contribution in [0.1, 0.15) is 19.8 Å². The number of nitrogens with zero attached hydrogens (tertiary/aromatic N) is 1. The predicted octanol–water partition coefficient (Wildman–Crippen LogP) is 1.81.